The van der Waals surface area contributed by atoms with Gasteiger partial charge in [-0.15, -0.1) is 0 Å². The molecule has 0 amide bonds. The molecule has 2 heteroatoms. The van der Waals surface area contributed by atoms with E-state index in [2.05, 4.69) is 19.4 Å². The van der Waals surface area contributed by atoms with Crippen LogP contribution in [0.1, 0.15) is 13.3 Å². The van der Waals surface area contributed by atoms with Gasteiger partial charge in [-0.3, -0.25) is 0 Å². The molecule has 0 nitrogen and oxygen atoms in total. The third kappa shape index (κ3) is 1.43. The molecular formula is C6H11PS. The molecule has 1 atom stereocenters. The molecule has 0 saturated heterocycles. The minimum absolute atomic E-state index is 0.928. The average molecular weight is 146 g/mol. The van der Waals surface area contributed by atoms with Crippen molar-refractivity contribution in [3.63, 3.8) is 0 Å². The molecule has 1 rings (SSSR count). The molecule has 46 valence electrons. The van der Waals surface area contributed by atoms with Crippen LogP contribution in [-0.4, -0.2) is 12.8 Å². The van der Waals surface area contributed by atoms with E-state index < -0.39 is 6.04 Å². The highest BCUT2D eigenvalue weighted by molar-refractivity contribution is 8.15. The maximum absolute atomic E-state index is 5.32. The first-order valence-electron chi connectivity index (χ1n) is 2.85. The fraction of sp³-hybridized carbons (Fsp3) is 0.667. The lowest BCUT2D eigenvalue weighted by molar-refractivity contribution is 1.14. The van der Waals surface area contributed by atoms with Crippen LogP contribution >= 0.6 is 6.04 Å². The molecule has 1 aliphatic heterocycles. The van der Waals surface area contributed by atoms with Gasteiger partial charge < -0.3 is 0 Å². The summed E-state index contributed by atoms with van der Waals surface area (Å²) >= 11 is 5.32. The SMILES string of the molecule is CC1=CP(C)(=S)CC1. The third-order valence-corrected chi connectivity index (χ3v) is 4.41. The zero-order chi connectivity index (χ0) is 6.20. The number of rotatable bonds is 0. The van der Waals surface area contributed by atoms with E-state index in [0.29, 0.717) is 0 Å². The van der Waals surface area contributed by atoms with Crippen molar-refractivity contribution >= 4 is 17.8 Å². The van der Waals surface area contributed by atoms with E-state index in [0.717, 1.165) is 0 Å². The summed E-state index contributed by atoms with van der Waals surface area (Å²) < 4.78 is 0. The largest absolute Gasteiger partial charge is 0.0934 e. The van der Waals surface area contributed by atoms with Gasteiger partial charge in [0.2, 0.25) is 0 Å². The van der Waals surface area contributed by atoms with Crippen LogP contribution in [0.3, 0.4) is 0 Å². The Labute approximate surface area is 56.0 Å². The van der Waals surface area contributed by atoms with Gasteiger partial charge >= 0.3 is 0 Å². The summed E-state index contributed by atoms with van der Waals surface area (Å²) in [6.07, 6.45) is 2.53. The fourth-order valence-electron chi connectivity index (χ4n) is 0.994. The van der Waals surface area contributed by atoms with E-state index >= 15 is 0 Å². The second-order valence-electron chi connectivity index (χ2n) is 2.62. The van der Waals surface area contributed by atoms with Gasteiger partial charge in [0.1, 0.15) is 0 Å². The first-order valence-corrected chi connectivity index (χ1v) is 6.35. The molecule has 8 heavy (non-hydrogen) atoms. The summed E-state index contributed by atoms with van der Waals surface area (Å²) in [7, 11) is 0. The summed E-state index contributed by atoms with van der Waals surface area (Å²) in [5.41, 5.74) is 1.51. The van der Waals surface area contributed by atoms with Crippen molar-refractivity contribution in [1.82, 2.24) is 0 Å². The van der Waals surface area contributed by atoms with Crippen molar-refractivity contribution in [2.24, 2.45) is 0 Å². The normalized spacial score (nSPS) is 37.5. The lowest BCUT2D eigenvalue weighted by Crippen LogP contribution is -1.73. The van der Waals surface area contributed by atoms with Gasteiger partial charge in [0.05, 0.1) is 0 Å². The van der Waals surface area contributed by atoms with E-state index in [1.54, 1.807) is 0 Å². The van der Waals surface area contributed by atoms with Crippen LogP contribution in [0, 0.1) is 0 Å². The van der Waals surface area contributed by atoms with Crippen LogP contribution in [0.15, 0.2) is 11.4 Å². The van der Waals surface area contributed by atoms with Gasteiger partial charge in [0.25, 0.3) is 0 Å². The first-order chi connectivity index (χ1) is 3.60. The van der Waals surface area contributed by atoms with Crippen molar-refractivity contribution in [2.45, 2.75) is 13.3 Å². The minimum Gasteiger partial charge on any atom is -0.0934 e. The van der Waals surface area contributed by atoms with Gasteiger partial charge in [-0.25, -0.2) is 0 Å². The lowest BCUT2D eigenvalue weighted by Gasteiger charge is -1.99. The van der Waals surface area contributed by atoms with Crippen molar-refractivity contribution in [2.75, 3.05) is 12.8 Å². The van der Waals surface area contributed by atoms with E-state index in [1.165, 1.54) is 18.2 Å². The predicted molar refractivity (Wildman–Crippen MR) is 43.5 cm³/mol. The molecular weight excluding hydrogens is 135 g/mol. The van der Waals surface area contributed by atoms with E-state index in [-0.39, 0.29) is 0 Å². The van der Waals surface area contributed by atoms with Gasteiger partial charge in [0.15, 0.2) is 0 Å². The quantitative estimate of drug-likeness (QED) is 0.473. The molecule has 0 aliphatic carbocycles. The smallest absolute Gasteiger partial charge is 0.0167 e. The molecule has 1 aliphatic rings. The van der Waals surface area contributed by atoms with Crippen LogP contribution in [-0.2, 0) is 11.8 Å². The molecule has 0 saturated carbocycles. The summed E-state index contributed by atoms with van der Waals surface area (Å²) in [6.45, 7) is 4.40. The van der Waals surface area contributed by atoms with Gasteiger partial charge in [-0.05, 0) is 32.2 Å². The van der Waals surface area contributed by atoms with Crippen molar-refractivity contribution in [1.29, 1.82) is 0 Å². The standard InChI is InChI=1S/C6H11PS/c1-6-3-4-7(2,8)5-6/h5H,3-4H2,1-2H3. The molecule has 0 spiro atoms. The second-order valence-corrected chi connectivity index (χ2v) is 8.18. The van der Waals surface area contributed by atoms with Crippen molar-refractivity contribution in [3.05, 3.63) is 11.4 Å². The van der Waals surface area contributed by atoms with Gasteiger partial charge in [-0.1, -0.05) is 23.2 Å². The third-order valence-electron chi connectivity index (χ3n) is 1.44. The minimum atomic E-state index is -0.928. The predicted octanol–water partition coefficient (Wildman–Crippen LogP) is 2.40. The number of hydrogen-bond acceptors (Lipinski definition) is 1. The molecule has 0 aromatic carbocycles. The Morgan fingerprint density at radius 1 is 1.75 bits per heavy atom. The first kappa shape index (κ1) is 6.51. The topological polar surface area (TPSA) is 0 Å². The lowest BCUT2D eigenvalue weighted by atomic mass is 10.3. The zero-order valence-electron chi connectivity index (χ0n) is 5.35. The summed E-state index contributed by atoms with van der Waals surface area (Å²) in [6, 6.07) is -0.928. The zero-order valence-corrected chi connectivity index (χ0v) is 7.06. The van der Waals surface area contributed by atoms with Crippen LogP contribution in [0.5, 0.6) is 0 Å². The Bertz CT molecular complexity index is 169. The number of hydrogen-bond donors (Lipinski definition) is 0. The molecule has 0 radical (unpaired) electrons. The molecule has 0 aromatic rings. The van der Waals surface area contributed by atoms with E-state index in [4.69, 9.17) is 11.8 Å². The Kier molecular flexibility index (Phi) is 1.60. The van der Waals surface area contributed by atoms with Gasteiger partial charge in [-0.2, -0.15) is 0 Å². The monoisotopic (exact) mass is 146 g/mol. The fourth-order valence-corrected chi connectivity index (χ4v) is 3.79. The van der Waals surface area contributed by atoms with Crippen LogP contribution in [0.25, 0.3) is 0 Å². The van der Waals surface area contributed by atoms with Crippen molar-refractivity contribution in [3.8, 4) is 0 Å². The maximum atomic E-state index is 5.32. The molecule has 1 unspecified atom stereocenters. The molecule has 0 aromatic heterocycles. The van der Waals surface area contributed by atoms with E-state index in [1.807, 2.05) is 0 Å². The summed E-state index contributed by atoms with van der Waals surface area (Å²) in [5.74, 6) is 2.31. The molecule has 0 bridgehead atoms. The van der Waals surface area contributed by atoms with Crippen LogP contribution in [0.2, 0.25) is 0 Å². The Hall–Kier alpha value is 0.390. The van der Waals surface area contributed by atoms with E-state index in [9.17, 15) is 0 Å². The Morgan fingerprint density at radius 2 is 2.38 bits per heavy atom. The molecule has 1 heterocycles. The maximum Gasteiger partial charge on any atom is -0.0167 e. The molecule has 0 fully saturated rings. The summed E-state index contributed by atoms with van der Waals surface area (Å²) in [5, 5.41) is 0. The highest BCUT2D eigenvalue weighted by Crippen LogP contribution is 2.50. The van der Waals surface area contributed by atoms with Crippen LogP contribution < -0.4 is 0 Å². The van der Waals surface area contributed by atoms with Crippen LogP contribution in [0.4, 0.5) is 0 Å². The Morgan fingerprint density at radius 3 is 2.50 bits per heavy atom. The van der Waals surface area contributed by atoms with Gasteiger partial charge in [0, 0.05) is 0 Å². The summed E-state index contributed by atoms with van der Waals surface area (Å²) in [4.78, 5) is 0. The highest BCUT2D eigenvalue weighted by atomic mass is 32.4. The number of allylic oxidation sites excluding steroid dienone is 1. The second kappa shape index (κ2) is 1.97. The molecule has 0 N–H and O–H groups in total. The Balaban J connectivity index is 2.82. The highest BCUT2D eigenvalue weighted by Gasteiger charge is 2.13. The van der Waals surface area contributed by atoms with Crippen molar-refractivity contribution < 1.29 is 0 Å². The average Bonchev–Trinajstić information content (AvgIpc) is 1.82.